The molecule has 1 aliphatic rings. The Hall–Kier alpha value is -1.20. The lowest BCUT2D eigenvalue weighted by atomic mass is 10.1. The fourth-order valence-electron chi connectivity index (χ4n) is 2.04. The molecule has 18 heavy (non-hydrogen) atoms. The van der Waals surface area contributed by atoms with E-state index in [1.54, 1.807) is 0 Å². The summed E-state index contributed by atoms with van der Waals surface area (Å²) in [7, 11) is -0.981. The topological polar surface area (TPSA) is 9.23 Å². The van der Waals surface area contributed by atoms with Gasteiger partial charge in [-0.2, -0.15) is 0 Å². The standard InChI is InChI=1S/C16H21OP/c1-5-15-6-7-16(10-13(15)3)17-18-9-8-12(2)14(4)11-18/h6-11,18H,5H2,1-4H3. The average Bonchev–Trinajstić information content (AvgIpc) is 2.34. The average molecular weight is 260 g/mol. The van der Waals surface area contributed by atoms with E-state index in [-0.39, 0.29) is 0 Å². The molecule has 1 aliphatic heterocycles. The predicted molar refractivity (Wildman–Crippen MR) is 83.1 cm³/mol. The van der Waals surface area contributed by atoms with E-state index in [9.17, 15) is 0 Å². The van der Waals surface area contributed by atoms with E-state index in [1.807, 2.05) is 0 Å². The zero-order valence-corrected chi connectivity index (χ0v) is 12.6. The summed E-state index contributed by atoms with van der Waals surface area (Å²) in [6, 6.07) is 6.41. The van der Waals surface area contributed by atoms with Crippen molar-refractivity contribution < 1.29 is 4.52 Å². The van der Waals surface area contributed by atoms with Gasteiger partial charge in [-0.1, -0.05) is 19.1 Å². The first-order valence-corrected chi connectivity index (χ1v) is 8.01. The Labute approximate surface area is 111 Å². The molecule has 1 nitrogen and oxygen atoms in total. The Morgan fingerprint density at radius 2 is 1.89 bits per heavy atom. The van der Waals surface area contributed by atoms with E-state index >= 15 is 0 Å². The third kappa shape index (κ3) is 2.97. The summed E-state index contributed by atoms with van der Waals surface area (Å²) >= 11 is 0. The summed E-state index contributed by atoms with van der Waals surface area (Å²) in [6.07, 6.45) is 3.26. The lowest BCUT2D eigenvalue weighted by Gasteiger charge is -2.14. The fourth-order valence-corrected chi connectivity index (χ4v) is 3.73. The predicted octanol–water partition coefficient (Wildman–Crippen LogP) is 4.73. The van der Waals surface area contributed by atoms with Crippen LogP contribution in [0.1, 0.15) is 31.9 Å². The SMILES string of the molecule is CCc1ccc(O[PH]2=CC(C)=C(C)C=C2)cc1C. The van der Waals surface area contributed by atoms with Gasteiger partial charge in [0.15, 0.2) is 0 Å². The minimum atomic E-state index is -0.981. The summed E-state index contributed by atoms with van der Waals surface area (Å²) in [5.74, 6) is 5.46. The summed E-state index contributed by atoms with van der Waals surface area (Å²) in [5, 5.41) is 0. The van der Waals surface area contributed by atoms with Gasteiger partial charge in [0, 0.05) is 0 Å². The monoisotopic (exact) mass is 260 g/mol. The Balaban J connectivity index is 2.19. The van der Waals surface area contributed by atoms with Crippen LogP contribution in [-0.2, 0) is 6.42 Å². The van der Waals surface area contributed by atoms with Crippen molar-refractivity contribution in [2.75, 3.05) is 0 Å². The van der Waals surface area contributed by atoms with Crippen LogP contribution < -0.4 is 4.52 Å². The van der Waals surface area contributed by atoms with Gasteiger partial charge in [0.25, 0.3) is 0 Å². The van der Waals surface area contributed by atoms with Crippen LogP contribution in [0.5, 0.6) is 5.75 Å². The van der Waals surface area contributed by atoms with Crippen LogP contribution in [0.15, 0.2) is 41.2 Å². The Morgan fingerprint density at radius 1 is 1.11 bits per heavy atom. The van der Waals surface area contributed by atoms with Crippen molar-refractivity contribution in [3.63, 3.8) is 0 Å². The first-order chi connectivity index (χ1) is 8.60. The Bertz CT molecular complexity index is 550. The van der Waals surface area contributed by atoms with Crippen molar-refractivity contribution >= 4 is 13.6 Å². The van der Waals surface area contributed by atoms with Gasteiger partial charge in [-0.25, -0.2) is 0 Å². The molecule has 0 amide bonds. The van der Waals surface area contributed by atoms with Crippen LogP contribution in [0.3, 0.4) is 0 Å². The Morgan fingerprint density at radius 3 is 2.50 bits per heavy atom. The fraction of sp³-hybridized carbons (Fsp3) is 0.312. The normalized spacial score (nSPS) is 18.8. The van der Waals surface area contributed by atoms with Crippen LogP contribution in [0.2, 0.25) is 0 Å². The number of hydrogen-bond donors (Lipinski definition) is 0. The van der Waals surface area contributed by atoms with E-state index in [2.05, 4.69) is 63.6 Å². The van der Waals surface area contributed by atoms with E-state index in [0.717, 1.165) is 12.2 Å². The molecule has 1 unspecified atom stereocenters. The van der Waals surface area contributed by atoms with Gasteiger partial charge in [-0.15, -0.1) is 0 Å². The van der Waals surface area contributed by atoms with Crippen LogP contribution in [0.4, 0.5) is 0 Å². The second-order valence-corrected chi connectivity index (χ2v) is 6.42. The van der Waals surface area contributed by atoms with Gasteiger partial charge in [-0.05, 0) is 73.2 Å². The third-order valence-corrected chi connectivity index (χ3v) is 5.09. The molecule has 1 atom stereocenters. The van der Waals surface area contributed by atoms with E-state index < -0.39 is 7.77 Å². The molecule has 0 aliphatic carbocycles. The highest BCUT2D eigenvalue weighted by Gasteiger charge is 2.04. The number of allylic oxidation sites excluding steroid dienone is 3. The maximum Gasteiger partial charge on any atom is 0.123 e. The molecule has 0 saturated heterocycles. The molecule has 96 valence electrons. The van der Waals surface area contributed by atoms with Gasteiger partial charge in [-0.3, -0.25) is 0 Å². The molecule has 0 saturated carbocycles. The smallest absolute Gasteiger partial charge is 0.123 e. The maximum atomic E-state index is 6.08. The number of benzene rings is 1. The summed E-state index contributed by atoms with van der Waals surface area (Å²) in [6.45, 7) is 8.63. The lowest BCUT2D eigenvalue weighted by Crippen LogP contribution is -1.92. The molecule has 2 heteroatoms. The molecular weight excluding hydrogens is 239 g/mol. The summed E-state index contributed by atoms with van der Waals surface area (Å²) in [4.78, 5) is 0. The van der Waals surface area contributed by atoms with Crippen molar-refractivity contribution in [1.82, 2.24) is 0 Å². The van der Waals surface area contributed by atoms with E-state index in [0.29, 0.717) is 0 Å². The number of aryl methyl sites for hydroxylation is 2. The molecule has 0 fully saturated rings. The molecule has 1 aromatic carbocycles. The Kier molecular flexibility index (Phi) is 4.14. The molecule has 0 N–H and O–H groups in total. The highest BCUT2D eigenvalue weighted by Crippen LogP contribution is 2.34. The second kappa shape index (κ2) is 5.63. The van der Waals surface area contributed by atoms with Crippen LogP contribution in [-0.4, -0.2) is 5.80 Å². The van der Waals surface area contributed by atoms with Crippen molar-refractivity contribution in [2.45, 2.75) is 34.1 Å². The first-order valence-electron chi connectivity index (χ1n) is 6.44. The summed E-state index contributed by atoms with van der Waals surface area (Å²) < 4.78 is 6.08. The quantitative estimate of drug-likeness (QED) is 0.714. The largest absolute Gasteiger partial charge is 0.476 e. The zero-order valence-electron chi connectivity index (χ0n) is 11.6. The zero-order chi connectivity index (χ0) is 13.1. The third-order valence-electron chi connectivity index (χ3n) is 3.41. The maximum absolute atomic E-state index is 6.08. The van der Waals surface area contributed by atoms with Crippen molar-refractivity contribution in [3.05, 3.63) is 52.4 Å². The molecular formula is C16H21OP. The van der Waals surface area contributed by atoms with Crippen molar-refractivity contribution in [1.29, 1.82) is 0 Å². The molecule has 2 rings (SSSR count). The number of hydrogen-bond acceptors (Lipinski definition) is 1. The highest BCUT2D eigenvalue weighted by molar-refractivity contribution is 7.56. The van der Waals surface area contributed by atoms with Crippen LogP contribution in [0, 0.1) is 6.92 Å². The minimum absolute atomic E-state index is 0.981. The molecule has 0 aromatic heterocycles. The van der Waals surface area contributed by atoms with Crippen LogP contribution >= 0.6 is 7.77 Å². The second-order valence-electron chi connectivity index (χ2n) is 4.79. The van der Waals surface area contributed by atoms with Crippen molar-refractivity contribution in [2.24, 2.45) is 0 Å². The van der Waals surface area contributed by atoms with Gasteiger partial charge < -0.3 is 4.52 Å². The van der Waals surface area contributed by atoms with Gasteiger partial charge in [0.05, 0.1) is 7.77 Å². The van der Waals surface area contributed by atoms with Crippen molar-refractivity contribution in [3.8, 4) is 5.75 Å². The van der Waals surface area contributed by atoms with Gasteiger partial charge in [0.1, 0.15) is 5.75 Å². The lowest BCUT2D eigenvalue weighted by molar-refractivity contribution is 0.633. The van der Waals surface area contributed by atoms with Gasteiger partial charge in [0.2, 0.25) is 0 Å². The molecule has 1 heterocycles. The van der Waals surface area contributed by atoms with Crippen LogP contribution in [0.25, 0.3) is 0 Å². The highest BCUT2D eigenvalue weighted by atomic mass is 31.1. The minimum Gasteiger partial charge on any atom is -0.476 e. The molecule has 0 spiro atoms. The van der Waals surface area contributed by atoms with E-state index in [1.165, 1.54) is 22.3 Å². The van der Waals surface area contributed by atoms with Gasteiger partial charge >= 0.3 is 0 Å². The molecule has 0 radical (unpaired) electrons. The molecule has 1 aromatic rings. The van der Waals surface area contributed by atoms with E-state index in [4.69, 9.17) is 4.52 Å². The summed E-state index contributed by atoms with van der Waals surface area (Å²) in [5.41, 5.74) is 5.40. The molecule has 0 bridgehead atoms. The first kappa shape index (κ1) is 13.2. The number of rotatable bonds is 3.